The van der Waals surface area contributed by atoms with Crippen molar-refractivity contribution < 1.29 is 4.74 Å². The van der Waals surface area contributed by atoms with Crippen molar-refractivity contribution >= 4 is 34.7 Å². The minimum absolute atomic E-state index is 0.309. The highest BCUT2D eigenvalue weighted by atomic mass is 35.5. The lowest BCUT2D eigenvalue weighted by Gasteiger charge is -2.11. The highest BCUT2D eigenvalue weighted by Gasteiger charge is 2.06. The summed E-state index contributed by atoms with van der Waals surface area (Å²) in [4.78, 5) is 8.38. The second-order valence-electron chi connectivity index (χ2n) is 3.96. The van der Waals surface area contributed by atoms with Gasteiger partial charge in [0, 0.05) is 23.9 Å². The molecule has 0 atom stereocenters. The highest BCUT2D eigenvalue weighted by Crippen LogP contribution is 2.26. The fourth-order valence-electron chi connectivity index (χ4n) is 1.60. The third-order valence-electron chi connectivity index (χ3n) is 2.55. The normalized spacial score (nSPS) is 10.5. The Labute approximate surface area is 121 Å². The largest absolute Gasteiger partial charge is 0.377 e. The van der Waals surface area contributed by atoms with E-state index in [9.17, 15) is 0 Å². The molecular weight excluding hydrogens is 285 g/mol. The zero-order valence-electron chi connectivity index (χ0n) is 10.6. The molecule has 0 amide bonds. The Balaban J connectivity index is 2.30. The van der Waals surface area contributed by atoms with Crippen LogP contribution in [0, 0.1) is 6.92 Å². The molecule has 1 aromatic heterocycles. The van der Waals surface area contributed by atoms with Crippen LogP contribution in [0.25, 0.3) is 0 Å². The fraction of sp³-hybridized carbons (Fsp3) is 0.231. The van der Waals surface area contributed by atoms with E-state index >= 15 is 0 Å². The number of hydrogen-bond acceptors (Lipinski definition) is 4. The zero-order chi connectivity index (χ0) is 13.8. The number of benzene rings is 1. The molecule has 1 heterocycles. The number of rotatable bonds is 4. The van der Waals surface area contributed by atoms with E-state index < -0.39 is 0 Å². The molecular formula is C13H13Cl2N3O. The third-order valence-corrected chi connectivity index (χ3v) is 3.15. The van der Waals surface area contributed by atoms with E-state index in [-0.39, 0.29) is 0 Å². The first-order valence-corrected chi connectivity index (χ1v) is 6.40. The lowest BCUT2D eigenvalue weighted by Crippen LogP contribution is -2.02. The van der Waals surface area contributed by atoms with Gasteiger partial charge in [0.25, 0.3) is 0 Å². The smallest absolute Gasteiger partial charge is 0.158 e. The molecule has 19 heavy (non-hydrogen) atoms. The Morgan fingerprint density at radius 3 is 2.79 bits per heavy atom. The monoisotopic (exact) mass is 297 g/mol. The minimum Gasteiger partial charge on any atom is -0.377 e. The van der Waals surface area contributed by atoms with Crippen LogP contribution in [0.2, 0.25) is 10.2 Å². The first kappa shape index (κ1) is 14.1. The number of anilines is 2. The van der Waals surface area contributed by atoms with Gasteiger partial charge in [-0.3, -0.25) is 0 Å². The van der Waals surface area contributed by atoms with Crippen molar-refractivity contribution in [1.29, 1.82) is 0 Å². The van der Waals surface area contributed by atoms with Crippen molar-refractivity contribution in [1.82, 2.24) is 9.97 Å². The number of hydrogen-bond donors (Lipinski definition) is 1. The van der Waals surface area contributed by atoms with E-state index in [1.165, 1.54) is 0 Å². The Hall–Kier alpha value is -1.36. The molecule has 0 bridgehead atoms. The summed E-state index contributed by atoms with van der Waals surface area (Å²) in [6, 6.07) is 7.29. The number of ether oxygens (including phenoxy) is 1. The van der Waals surface area contributed by atoms with Gasteiger partial charge in [-0.15, -0.1) is 0 Å². The molecule has 0 aliphatic rings. The van der Waals surface area contributed by atoms with Crippen LogP contribution < -0.4 is 5.32 Å². The Morgan fingerprint density at radius 1 is 1.26 bits per heavy atom. The molecule has 0 aliphatic heterocycles. The third kappa shape index (κ3) is 3.56. The molecule has 0 radical (unpaired) electrons. The standard InChI is InChI=1S/C13H13Cl2N3O/c1-8-9(14)4-3-5-10(8)16-12-6-11(15)17-13(18-12)7-19-2/h3-6H,7H2,1-2H3,(H,16,17,18). The lowest BCUT2D eigenvalue weighted by molar-refractivity contribution is 0.178. The molecule has 100 valence electrons. The number of methoxy groups -OCH3 is 1. The van der Waals surface area contributed by atoms with Crippen LogP contribution >= 0.6 is 23.2 Å². The predicted molar refractivity (Wildman–Crippen MR) is 77.2 cm³/mol. The molecule has 4 nitrogen and oxygen atoms in total. The molecule has 0 spiro atoms. The van der Waals surface area contributed by atoms with Gasteiger partial charge in [0.15, 0.2) is 5.82 Å². The van der Waals surface area contributed by atoms with Crippen molar-refractivity contribution in [3.63, 3.8) is 0 Å². The van der Waals surface area contributed by atoms with Crippen LogP contribution in [0.3, 0.4) is 0 Å². The molecule has 1 N–H and O–H groups in total. The van der Waals surface area contributed by atoms with Crippen molar-refractivity contribution in [3.8, 4) is 0 Å². The first-order chi connectivity index (χ1) is 9.10. The molecule has 2 aromatic rings. The van der Waals surface area contributed by atoms with Crippen LogP contribution in [0.1, 0.15) is 11.4 Å². The average molecular weight is 298 g/mol. The van der Waals surface area contributed by atoms with Crippen molar-refractivity contribution in [2.24, 2.45) is 0 Å². The summed E-state index contributed by atoms with van der Waals surface area (Å²) >= 11 is 12.0. The molecule has 0 unspecified atom stereocenters. The summed E-state index contributed by atoms with van der Waals surface area (Å²) in [6.07, 6.45) is 0. The number of nitrogens with zero attached hydrogens (tertiary/aromatic N) is 2. The maximum Gasteiger partial charge on any atom is 0.158 e. The molecule has 2 rings (SSSR count). The lowest BCUT2D eigenvalue weighted by atomic mass is 10.2. The maximum absolute atomic E-state index is 6.07. The summed E-state index contributed by atoms with van der Waals surface area (Å²) in [5, 5.41) is 4.24. The number of aromatic nitrogens is 2. The second-order valence-corrected chi connectivity index (χ2v) is 4.76. The van der Waals surface area contributed by atoms with Crippen LogP contribution in [0.4, 0.5) is 11.5 Å². The van der Waals surface area contributed by atoms with Crippen molar-refractivity contribution in [2.75, 3.05) is 12.4 Å². The molecule has 0 aliphatic carbocycles. The minimum atomic E-state index is 0.309. The summed E-state index contributed by atoms with van der Waals surface area (Å²) < 4.78 is 5.00. The number of halogens is 2. The summed E-state index contributed by atoms with van der Waals surface area (Å²) in [6.45, 7) is 2.24. The average Bonchev–Trinajstić information content (AvgIpc) is 2.35. The molecule has 6 heteroatoms. The molecule has 0 fully saturated rings. The van der Waals surface area contributed by atoms with E-state index in [1.54, 1.807) is 13.2 Å². The van der Waals surface area contributed by atoms with E-state index in [4.69, 9.17) is 27.9 Å². The van der Waals surface area contributed by atoms with Gasteiger partial charge in [0.2, 0.25) is 0 Å². The van der Waals surface area contributed by atoms with Gasteiger partial charge in [-0.2, -0.15) is 0 Å². The Kier molecular flexibility index (Phi) is 4.58. The SMILES string of the molecule is COCc1nc(Cl)cc(Nc2cccc(Cl)c2C)n1. The van der Waals surface area contributed by atoms with E-state index in [0.717, 1.165) is 11.3 Å². The topological polar surface area (TPSA) is 47.0 Å². The van der Waals surface area contributed by atoms with Crippen LogP contribution in [-0.4, -0.2) is 17.1 Å². The van der Waals surface area contributed by atoms with Crippen LogP contribution in [-0.2, 0) is 11.3 Å². The van der Waals surface area contributed by atoms with Crippen LogP contribution in [0.15, 0.2) is 24.3 Å². The quantitative estimate of drug-likeness (QED) is 0.867. The van der Waals surface area contributed by atoms with Crippen molar-refractivity contribution in [3.05, 3.63) is 45.8 Å². The number of nitrogens with one attached hydrogen (secondary N) is 1. The molecule has 0 saturated heterocycles. The summed E-state index contributed by atoms with van der Waals surface area (Å²) in [5.41, 5.74) is 1.83. The molecule has 1 aromatic carbocycles. The maximum atomic E-state index is 6.07. The van der Waals surface area contributed by atoms with Crippen molar-refractivity contribution in [2.45, 2.75) is 13.5 Å². The van der Waals surface area contributed by atoms with E-state index in [0.29, 0.717) is 28.4 Å². The highest BCUT2D eigenvalue weighted by molar-refractivity contribution is 6.31. The Morgan fingerprint density at radius 2 is 2.05 bits per heavy atom. The van der Waals surface area contributed by atoms with Gasteiger partial charge >= 0.3 is 0 Å². The summed E-state index contributed by atoms with van der Waals surface area (Å²) in [5.74, 6) is 1.13. The van der Waals surface area contributed by atoms with Gasteiger partial charge in [0.1, 0.15) is 17.6 Å². The van der Waals surface area contributed by atoms with Gasteiger partial charge in [-0.25, -0.2) is 9.97 Å². The zero-order valence-corrected chi connectivity index (χ0v) is 12.1. The van der Waals surface area contributed by atoms with E-state index in [1.807, 2.05) is 25.1 Å². The van der Waals surface area contributed by atoms with Gasteiger partial charge < -0.3 is 10.1 Å². The first-order valence-electron chi connectivity index (χ1n) is 5.64. The van der Waals surface area contributed by atoms with Gasteiger partial charge in [-0.1, -0.05) is 29.3 Å². The van der Waals surface area contributed by atoms with Gasteiger partial charge in [-0.05, 0) is 24.6 Å². The fourth-order valence-corrected chi connectivity index (χ4v) is 1.98. The van der Waals surface area contributed by atoms with Gasteiger partial charge in [0.05, 0.1) is 0 Å². The van der Waals surface area contributed by atoms with E-state index in [2.05, 4.69) is 15.3 Å². The predicted octanol–water partition coefficient (Wildman–Crippen LogP) is 3.98. The van der Waals surface area contributed by atoms with Crippen LogP contribution in [0.5, 0.6) is 0 Å². The summed E-state index contributed by atoms with van der Waals surface area (Å²) in [7, 11) is 1.58. The Bertz CT molecular complexity index is 590. The molecule has 0 saturated carbocycles. The second kappa shape index (κ2) is 6.19.